The molecule has 0 fully saturated rings. The van der Waals surface area contributed by atoms with Gasteiger partial charge < -0.3 is 9.73 Å². The predicted molar refractivity (Wildman–Crippen MR) is 122 cm³/mol. The molecule has 1 aromatic carbocycles. The number of rotatable bonds is 5. The van der Waals surface area contributed by atoms with Gasteiger partial charge in [0.2, 0.25) is 0 Å². The number of aryl methyl sites for hydroxylation is 1. The molecule has 1 amide bonds. The fraction of sp³-hybridized carbons (Fsp3) is 0.217. The molecule has 0 radical (unpaired) electrons. The summed E-state index contributed by atoms with van der Waals surface area (Å²) in [5.41, 5.74) is 4.10. The van der Waals surface area contributed by atoms with Crippen LogP contribution < -0.4 is 5.32 Å². The van der Waals surface area contributed by atoms with Gasteiger partial charge in [0, 0.05) is 22.2 Å². The Morgan fingerprint density at radius 1 is 1.23 bits per heavy atom. The topological polar surface area (TPSA) is 85.8 Å². The van der Waals surface area contributed by atoms with E-state index in [0.29, 0.717) is 34.9 Å². The quantitative estimate of drug-likeness (QED) is 0.404. The van der Waals surface area contributed by atoms with Crippen LogP contribution in [0.25, 0.3) is 22.1 Å². The molecule has 31 heavy (non-hydrogen) atoms. The number of oxazole rings is 1. The highest BCUT2D eigenvalue weighted by Gasteiger charge is 2.17. The molecule has 156 valence electrons. The molecule has 0 saturated carbocycles. The number of thiophene rings is 1. The van der Waals surface area contributed by atoms with Crippen molar-refractivity contribution >= 4 is 45.1 Å². The SMILES string of the molecule is Cc1cc(C(=O)Nc2ccc3oc(C(C)C)nc3c2)c2cnn(Cc3cccs3)c2n1. The highest BCUT2D eigenvalue weighted by Crippen LogP contribution is 2.25. The molecule has 4 heterocycles. The van der Waals surface area contributed by atoms with Crippen LogP contribution in [0.5, 0.6) is 0 Å². The molecule has 0 unspecified atom stereocenters. The number of pyridine rings is 1. The summed E-state index contributed by atoms with van der Waals surface area (Å²) in [6.45, 7) is 6.57. The zero-order valence-electron chi connectivity index (χ0n) is 17.4. The number of amides is 1. The van der Waals surface area contributed by atoms with Gasteiger partial charge in [-0.15, -0.1) is 11.3 Å². The Labute approximate surface area is 182 Å². The highest BCUT2D eigenvalue weighted by atomic mass is 32.1. The normalized spacial score (nSPS) is 11.6. The van der Waals surface area contributed by atoms with Crippen molar-refractivity contribution in [3.8, 4) is 0 Å². The molecule has 0 spiro atoms. The van der Waals surface area contributed by atoms with Gasteiger partial charge in [-0.05, 0) is 42.6 Å². The molecule has 0 aliphatic rings. The van der Waals surface area contributed by atoms with E-state index in [2.05, 4.69) is 26.4 Å². The minimum atomic E-state index is -0.210. The van der Waals surface area contributed by atoms with Crippen LogP contribution in [0.15, 0.2) is 52.4 Å². The number of nitrogens with one attached hydrogen (secondary N) is 1. The van der Waals surface area contributed by atoms with E-state index < -0.39 is 0 Å². The largest absolute Gasteiger partial charge is 0.440 e. The molecule has 4 aromatic heterocycles. The maximum atomic E-state index is 13.1. The lowest BCUT2D eigenvalue weighted by Gasteiger charge is -2.08. The third-order valence-electron chi connectivity index (χ3n) is 5.02. The third-order valence-corrected chi connectivity index (χ3v) is 5.88. The van der Waals surface area contributed by atoms with E-state index in [1.807, 2.05) is 55.1 Å². The zero-order chi connectivity index (χ0) is 21.5. The van der Waals surface area contributed by atoms with Crippen LogP contribution in [0.3, 0.4) is 0 Å². The Morgan fingerprint density at radius 2 is 2.10 bits per heavy atom. The van der Waals surface area contributed by atoms with Crippen molar-refractivity contribution in [1.29, 1.82) is 0 Å². The maximum Gasteiger partial charge on any atom is 0.256 e. The number of nitrogens with zero attached hydrogens (tertiary/aromatic N) is 4. The minimum Gasteiger partial charge on any atom is -0.440 e. The second kappa shape index (κ2) is 7.63. The van der Waals surface area contributed by atoms with Crippen LogP contribution in [0, 0.1) is 6.92 Å². The van der Waals surface area contributed by atoms with E-state index >= 15 is 0 Å². The van der Waals surface area contributed by atoms with Crippen molar-refractivity contribution in [2.75, 3.05) is 5.32 Å². The monoisotopic (exact) mass is 431 g/mol. The molecular formula is C23H21N5O2S. The first-order chi connectivity index (χ1) is 15.0. The number of hydrogen-bond donors (Lipinski definition) is 1. The molecule has 0 aliphatic carbocycles. The number of aromatic nitrogens is 4. The summed E-state index contributed by atoms with van der Waals surface area (Å²) in [5.74, 6) is 0.672. The lowest BCUT2D eigenvalue weighted by molar-refractivity contribution is 0.102. The van der Waals surface area contributed by atoms with Crippen molar-refractivity contribution in [1.82, 2.24) is 19.7 Å². The number of fused-ring (bicyclic) bond motifs is 2. The number of anilines is 1. The zero-order valence-corrected chi connectivity index (χ0v) is 18.2. The number of hydrogen-bond acceptors (Lipinski definition) is 6. The van der Waals surface area contributed by atoms with Gasteiger partial charge in [0.15, 0.2) is 17.1 Å². The molecular weight excluding hydrogens is 410 g/mol. The first-order valence-corrected chi connectivity index (χ1v) is 10.9. The van der Waals surface area contributed by atoms with Gasteiger partial charge in [-0.3, -0.25) is 4.79 Å². The van der Waals surface area contributed by atoms with Crippen molar-refractivity contribution in [3.05, 3.63) is 70.0 Å². The maximum absolute atomic E-state index is 13.1. The molecule has 0 aliphatic heterocycles. The molecule has 1 N–H and O–H groups in total. The highest BCUT2D eigenvalue weighted by molar-refractivity contribution is 7.09. The molecule has 0 atom stereocenters. The lowest BCUT2D eigenvalue weighted by atomic mass is 10.1. The van der Waals surface area contributed by atoms with Crippen LogP contribution in [0.2, 0.25) is 0 Å². The molecule has 0 saturated heterocycles. The summed E-state index contributed by atoms with van der Waals surface area (Å²) >= 11 is 1.67. The lowest BCUT2D eigenvalue weighted by Crippen LogP contribution is -2.13. The third kappa shape index (κ3) is 3.70. The summed E-state index contributed by atoms with van der Waals surface area (Å²) in [6.07, 6.45) is 1.71. The smallest absolute Gasteiger partial charge is 0.256 e. The first-order valence-electron chi connectivity index (χ1n) is 10.1. The second-order valence-corrected chi connectivity index (χ2v) is 8.81. The summed E-state index contributed by atoms with van der Waals surface area (Å²) in [7, 11) is 0. The Bertz CT molecular complexity index is 1400. The average molecular weight is 432 g/mol. The Balaban J connectivity index is 1.46. The summed E-state index contributed by atoms with van der Waals surface area (Å²) in [4.78, 5) is 23.5. The second-order valence-electron chi connectivity index (χ2n) is 7.77. The van der Waals surface area contributed by atoms with Gasteiger partial charge in [-0.1, -0.05) is 19.9 Å². The van der Waals surface area contributed by atoms with E-state index in [4.69, 9.17) is 4.42 Å². The van der Waals surface area contributed by atoms with Crippen molar-refractivity contribution < 1.29 is 9.21 Å². The fourth-order valence-corrected chi connectivity index (χ4v) is 4.18. The molecule has 8 heteroatoms. The summed E-state index contributed by atoms with van der Waals surface area (Å²) < 4.78 is 7.58. The molecule has 5 aromatic rings. The number of benzene rings is 1. The van der Waals surface area contributed by atoms with Crippen LogP contribution in [0.4, 0.5) is 5.69 Å². The van der Waals surface area contributed by atoms with Crippen molar-refractivity contribution in [2.24, 2.45) is 0 Å². The van der Waals surface area contributed by atoms with Crippen LogP contribution in [-0.2, 0) is 6.54 Å². The van der Waals surface area contributed by atoms with Crippen LogP contribution >= 0.6 is 11.3 Å². The number of carbonyl (C=O) groups is 1. The molecule has 7 nitrogen and oxygen atoms in total. The standard InChI is InChI=1S/C23H21N5O2S/c1-13(2)23-27-19-10-15(6-7-20(19)30-23)26-22(29)17-9-14(3)25-21-18(17)11-24-28(21)12-16-5-4-8-31-16/h4-11,13H,12H2,1-3H3,(H,26,29). The van der Waals surface area contributed by atoms with Crippen LogP contribution in [-0.4, -0.2) is 25.7 Å². The fourth-order valence-electron chi connectivity index (χ4n) is 3.49. The van der Waals surface area contributed by atoms with Gasteiger partial charge in [-0.2, -0.15) is 5.10 Å². The van der Waals surface area contributed by atoms with Crippen LogP contribution in [0.1, 0.15) is 46.6 Å². The summed E-state index contributed by atoms with van der Waals surface area (Å²) in [6, 6.07) is 11.3. The van der Waals surface area contributed by atoms with E-state index in [1.54, 1.807) is 23.6 Å². The minimum absolute atomic E-state index is 0.198. The van der Waals surface area contributed by atoms with Gasteiger partial charge in [0.25, 0.3) is 5.91 Å². The summed E-state index contributed by atoms with van der Waals surface area (Å²) in [5, 5.41) is 10.2. The van der Waals surface area contributed by atoms with Gasteiger partial charge in [-0.25, -0.2) is 14.6 Å². The van der Waals surface area contributed by atoms with E-state index in [-0.39, 0.29) is 11.8 Å². The Hall–Kier alpha value is -3.52. The van der Waals surface area contributed by atoms with Gasteiger partial charge in [0.1, 0.15) is 5.52 Å². The first kappa shape index (κ1) is 19.4. The molecule has 0 bridgehead atoms. The Morgan fingerprint density at radius 3 is 2.87 bits per heavy atom. The van der Waals surface area contributed by atoms with Gasteiger partial charge in [0.05, 0.1) is 23.7 Å². The molecule has 5 rings (SSSR count). The van der Waals surface area contributed by atoms with Gasteiger partial charge >= 0.3 is 0 Å². The van der Waals surface area contributed by atoms with E-state index in [0.717, 1.165) is 16.6 Å². The van der Waals surface area contributed by atoms with E-state index in [1.165, 1.54) is 4.88 Å². The predicted octanol–water partition coefficient (Wildman–Crippen LogP) is 5.37. The van der Waals surface area contributed by atoms with Crippen molar-refractivity contribution in [2.45, 2.75) is 33.2 Å². The van der Waals surface area contributed by atoms with E-state index in [9.17, 15) is 4.79 Å². The van der Waals surface area contributed by atoms with Crippen molar-refractivity contribution in [3.63, 3.8) is 0 Å². The average Bonchev–Trinajstić information content (AvgIpc) is 3.48. The Kier molecular flexibility index (Phi) is 4.78. The number of carbonyl (C=O) groups excluding carboxylic acids is 1.